The quantitative estimate of drug-likeness (QED) is 0.566. The molecule has 0 aliphatic heterocycles. The first-order valence-corrected chi connectivity index (χ1v) is 8.02. The van der Waals surface area contributed by atoms with Crippen LogP contribution in [0.2, 0.25) is 0 Å². The summed E-state index contributed by atoms with van der Waals surface area (Å²) >= 11 is 0. The zero-order chi connectivity index (χ0) is 16.5. The first-order chi connectivity index (χ1) is 11.3. The van der Waals surface area contributed by atoms with Crippen LogP contribution in [0.4, 0.5) is 0 Å². The molecule has 0 spiro atoms. The minimum absolute atomic E-state index is 0.275. The maximum atomic E-state index is 12.1. The van der Waals surface area contributed by atoms with Crippen molar-refractivity contribution < 1.29 is 9.53 Å². The maximum Gasteiger partial charge on any atom is 0.330 e. The molecule has 23 heavy (non-hydrogen) atoms. The Balaban J connectivity index is 2.44. The summed E-state index contributed by atoms with van der Waals surface area (Å²) in [5.41, 5.74) is 2.84. The van der Waals surface area contributed by atoms with Gasteiger partial charge in [0.05, 0.1) is 12.8 Å². The molecule has 2 rings (SSSR count). The third-order valence-electron chi connectivity index (χ3n) is 3.68. The van der Waals surface area contributed by atoms with Crippen LogP contribution in [0.3, 0.4) is 0 Å². The highest BCUT2D eigenvalue weighted by molar-refractivity contribution is 6.13. The summed E-state index contributed by atoms with van der Waals surface area (Å²) in [7, 11) is 1.42. The summed E-state index contributed by atoms with van der Waals surface area (Å²) in [6.07, 6.45) is 2.67. The van der Waals surface area contributed by atoms with Gasteiger partial charge in [0.15, 0.2) is 0 Å². The fraction of sp³-hybridized carbons (Fsp3) is 0.300. The van der Waals surface area contributed by atoms with Crippen molar-refractivity contribution in [3.8, 4) is 0 Å². The van der Waals surface area contributed by atoms with E-state index >= 15 is 0 Å². The lowest BCUT2D eigenvalue weighted by molar-refractivity contribution is -0.142. The van der Waals surface area contributed by atoms with E-state index in [2.05, 4.69) is 6.92 Å². The van der Waals surface area contributed by atoms with E-state index < -0.39 is 6.04 Å². The number of esters is 1. The average molecular weight is 309 g/mol. The molecule has 2 aromatic rings. The lowest BCUT2D eigenvalue weighted by atomic mass is 10.0. The number of ether oxygens (including phenoxy) is 1. The number of aliphatic imine (C=N–C) groups is 1. The fourth-order valence-electron chi connectivity index (χ4n) is 2.43. The molecule has 120 valence electrons. The zero-order valence-corrected chi connectivity index (χ0v) is 13.7. The van der Waals surface area contributed by atoms with Gasteiger partial charge in [-0.1, -0.05) is 80.4 Å². The van der Waals surface area contributed by atoms with Crippen LogP contribution in [-0.4, -0.2) is 24.8 Å². The molecule has 3 heteroatoms. The van der Waals surface area contributed by atoms with Gasteiger partial charge >= 0.3 is 5.97 Å². The number of unbranched alkanes of at least 4 members (excludes halogenated alkanes) is 1. The van der Waals surface area contributed by atoms with Crippen LogP contribution in [0.15, 0.2) is 65.7 Å². The third kappa shape index (κ3) is 4.78. The molecule has 0 N–H and O–H groups in total. The Hall–Kier alpha value is -2.42. The number of nitrogens with zero attached hydrogens (tertiary/aromatic N) is 1. The highest BCUT2D eigenvalue weighted by Gasteiger charge is 2.19. The van der Waals surface area contributed by atoms with Gasteiger partial charge in [0.1, 0.15) is 6.04 Å². The van der Waals surface area contributed by atoms with Gasteiger partial charge in [0, 0.05) is 11.1 Å². The Morgan fingerprint density at radius 3 is 1.96 bits per heavy atom. The van der Waals surface area contributed by atoms with Crippen LogP contribution < -0.4 is 0 Å². The number of methoxy groups -OCH3 is 1. The van der Waals surface area contributed by atoms with Crippen molar-refractivity contribution in [1.82, 2.24) is 0 Å². The van der Waals surface area contributed by atoms with E-state index in [1.165, 1.54) is 7.11 Å². The van der Waals surface area contributed by atoms with Crippen molar-refractivity contribution in [2.75, 3.05) is 7.11 Å². The van der Waals surface area contributed by atoms with Gasteiger partial charge in [0.25, 0.3) is 0 Å². The third-order valence-corrected chi connectivity index (χ3v) is 3.68. The molecule has 1 unspecified atom stereocenters. The van der Waals surface area contributed by atoms with Crippen molar-refractivity contribution in [3.05, 3.63) is 71.8 Å². The molecule has 0 amide bonds. The molecule has 0 saturated carbocycles. The number of carbonyl (C=O) groups excluding carboxylic acids is 1. The molecular formula is C20H23NO2. The van der Waals surface area contributed by atoms with E-state index in [4.69, 9.17) is 9.73 Å². The topological polar surface area (TPSA) is 38.7 Å². The second-order valence-corrected chi connectivity index (χ2v) is 5.39. The Labute approximate surface area is 138 Å². The van der Waals surface area contributed by atoms with Gasteiger partial charge in [-0.15, -0.1) is 0 Å². The van der Waals surface area contributed by atoms with Gasteiger partial charge in [0.2, 0.25) is 0 Å². The van der Waals surface area contributed by atoms with Gasteiger partial charge < -0.3 is 4.74 Å². The second-order valence-electron chi connectivity index (χ2n) is 5.39. The van der Waals surface area contributed by atoms with Crippen molar-refractivity contribution in [2.24, 2.45) is 4.99 Å². The van der Waals surface area contributed by atoms with E-state index in [0.717, 1.165) is 29.7 Å². The zero-order valence-electron chi connectivity index (χ0n) is 13.7. The summed E-state index contributed by atoms with van der Waals surface area (Å²) in [6.45, 7) is 2.10. The minimum atomic E-state index is -0.463. The number of carbonyl (C=O) groups is 1. The molecule has 3 nitrogen and oxygen atoms in total. The van der Waals surface area contributed by atoms with Gasteiger partial charge in [-0.05, 0) is 6.42 Å². The van der Waals surface area contributed by atoms with Crippen LogP contribution in [-0.2, 0) is 9.53 Å². The van der Waals surface area contributed by atoms with E-state index in [9.17, 15) is 4.79 Å². The standard InChI is InChI=1S/C20H23NO2/c1-3-4-15-18(20(22)23-2)21-19(16-11-7-5-8-12-16)17-13-9-6-10-14-17/h5-14,18H,3-4,15H2,1-2H3. The molecule has 0 fully saturated rings. The smallest absolute Gasteiger partial charge is 0.330 e. The monoisotopic (exact) mass is 309 g/mol. The van der Waals surface area contributed by atoms with E-state index in [0.29, 0.717) is 6.42 Å². The van der Waals surface area contributed by atoms with Crippen LogP contribution in [0.1, 0.15) is 37.3 Å². The average Bonchev–Trinajstić information content (AvgIpc) is 2.63. The van der Waals surface area contributed by atoms with E-state index in [-0.39, 0.29) is 5.97 Å². The summed E-state index contributed by atoms with van der Waals surface area (Å²) in [6, 6.07) is 19.5. The van der Waals surface area contributed by atoms with Gasteiger partial charge in [-0.2, -0.15) is 0 Å². The SMILES string of the molecule is CCCCC(N=C(c1ccccc1)c1ccccc1)C(=O)OC. The van der Waals surface area contributed by atoms with Crippen LogP contribution in [0.25, 0.3) is 0 Å². The Morgan fingerprint density at radius 2 is 1.52 bits per heavy atom. The maximum absolute atomic E-state index is 12.1. The molecule has 0 bridgehead atoms. The Kier molecular flexibility index (Phi) is 6.55. The number of hydrogen-bond acceptors (Lipinski definition) is 3. The number of rotatable bonds is 7. The Morgan fingerprint density at radius 1 is 1.00 bits per heavy atom. The molecule has 0 aromatic heterocycles. The van der Waals surface area contributed by atoms with Crippen molar-refractivity contribution in [2.45, 2.75) is 32.2 Å². The molecular weight excluding hydrogens is 286 g/mol. The first kappa shape index (κ1) is 16.9. The lowest BCUT2D eigenvalue weighted by Crippen LogP contribution is -2.22. The molecule has 0 aliphatic carbocycles. The van der Waals surface area contributed by atoms with Crippen molar-refractivity contribution >= 4 is 11.7 Å². The van der Waals surface area contributed by atoms with Gasteiger partial charge in [-0.25, -0.2) is 4.79 Å². The van der Waals surface area contributed by atoms with E-state index in [1.54, 1.807) is 0 Å². The van der Waals surface area contributed by atoms with Crippen LogP contribution in [0.5, 0.6) is 0 Å². The van der Waals surface area contributed by atoms with Crippen LogP contribution >= 0.6 is 0 Å². The highest BCUT2D eigenvalue weighted by Crippen LogP contribution is 2.15. The highest BCUT2D eigenvalue weighted by atomic mass is 16.5. The van der Waals surface area contributed by atoms with Gasteiger partial charge in [-0.3, -0.25) is 4.99 Å². The molecule has 0 aliphatic rings. The fourth-order valence-corrected chi connectivity index (χ4v) is 2.43. The summed E-state index contributed by atoms with van der Waals surface area (Å²) < 4.78 is 4.94. The first-order valence-electron chi connectivity index (χ1n) is 8.02. The van der Waals surface area contributed by atoms with E-state index in [1.807, 2.05) is 60.7 Å². The summed E-state index contributed by atoms with van der Waals surface area (Å²) in [4.78, 5) is 16.9. The Bertz CT molecular complexity index is 594. The summed E-state index contributed by atoms with van der Waals surface area (Å²) in [5, 5.41) is 0. The predicted octanol–water partition coefficient (Wildman–Crippen LogP) is 4.26. The number of benzene rings is 2. The van der Waals surface area contributed by atoms with Crippen molar-refractivity contribution in [3.63, 3.8) is 0 Å². The summed E-state index contributed by atoms with van der Waals surface area (Å²) in [5.74, 6) is -0.275. The molecule has 0 heterocycles. The largest absolute Gasteiger partial charge is 0.467 e. The molecule has 0 radical (unpaired) electrons. The lowest BCUT2D eigenvalue weighted by Gasteiger charge is -2.14. The van der Waals surface area contributed by atoms with Crippen LogP contribution in [0, 0.1) is 0 Å². The normalized spacial score (nSPS) is 11.6. The molecule has 0 saturated heterocycles. The minimum Gasteiger partial charge on any atom is -0.467 e. The predicted molar refractivity (Wildman–Crippen MR) is 93.9 cm³/mol. The second kappa shape index (κ2) is 8.89. The molecule has 1 atom stereocenters. The number of hydrogen-bond donors (Lipinski definition) is 0. The molecule has 2 aromatic carbocycles. The van der Waals surface area contributed by atoms with Crippen molar-refractivity contribution in [1.29, 1.82) is 0 Å².